The van der Waals surface area contributed by atoms with Gasteiger partial charge < -0.3 is 5.32 Å². The Morgan fingerprint density at radius 1 is 1.50 bits per heavy atom. The van der Waals surface area contributed by atoms with Gasteiger partial charge in [0.15, 0.2) is 0 Å². The molecule has 1 N–H and O–H groups in total. The van der Waals surface area contributed by atoms with E-state index in [0.717, 1.165) is 35.4 Å². The fourth-order valence-electron chi connectivity index (χ4n) is 2.09. The quantitative estimate of drug-likeness (QED) is 0.855. The first kappa shape index (κ1) is 12.2. The van der Waals surface area contributed by atoms with Crippen LogP contribution in [0.2, 0.25) is 0 Å². The Morgan fingerprint density at radius 3 is 2.94 bits per heavy atom. The number of alkyl halides is 1. The van der Waals surface area contributed by atoms with Crippen molar-refractivity contribution in [3.8, 4) is 0 Å². The van der Waals surface area contributed by atoms with Crippen LogP contribution in [0.4, 0.5) is 5.82 Å². The Morgan fingerprint density at radius 2 is 2.31 bits per heavy atom. The van der Waals surface area contributed by atoms with Crippen LogP contribution < -0.4 is 5.32 Å². The molecule has 1 aliphatic carbocycles. The van der Waals surface area contributed by atoms with Gasteiger partial charge in [-0.15, -0.1) is 11.6 Å². The second-order valence-corrected chi connectivity index (χ2v) is 5.89. The van der Waals surface area contributed by atoms with E-state index in [1.54, 1.807) is 0 Å². The van der Waals surface area contributed by atoms with Crippen LogP contribution in [0.25, 0.3) is 0 Å². The summed E-state index contributed by atoms with van der Waals surface area (Å²) < 4.78 is 1.06. The van der Waals surface area contributed by atoms with Gasteiger partial charge in [0.25, 0.3) is 0 Å². The topological polar surface area (TPSA) is 24.9 Å². The Balaban J connectivity index is 1.87. The molecule has 2 atom stereocenters. The molecule has 0 aliphatic heterocycles. The van der Waals surface area contributed by atoms with Crippen LogP contribution >= 0.6 is 27.5 Å². The third-order valence-electron chi connectivity index (χ3n) is 3.07. The Bertz CT molecular complexity index is 370. The first-order valence-corrected chi connectivity index (χ1v) is 6.89. The smallest absolute Gasteiger partial charge is 0.126 e. The maximum atomic E-state index is 6.09. The zero-order chi connectivity index (χ0) is 11.5. The summed E-state index contributed by atoms with van der Waals surface area (Å²) in [5.41, 5.74) is 1.02. The van der Waals surface area contributed by atoms with Crippen molar-refractivity contribution >= 4 is 33.3 Å². The summed E-state index contributed by atoms with van der Waals surface area (Å²) in [5, 5.41) is 3.77. The van der Waals surface area contributed by atoms with E-state index < -0.39 is 0 Å². The first-order chi connectivity index (χ1) is 7.65. The number of nitrogens with zero attached hydrogens (tertiary/aromatic N) is 1. The van der Waals surface area contributed by atoms with E-state index in [2.05, 4.69) is 26.2 Å². The molecule has 1 heterocycles. The predicted octanol–water partition coefficient (Wildman–Crippen LogP) is 3.97. The van der Waals surface area contributed by atoms with E-state index in [0.29, 0.717) is 11.3 Å². The van der Waals surface area contributed by atoms with Crippen LogP contribution in [0, 0.1) is 12.8 Å². The average Bonchev–Trinajstić information content (AvgIpc) is 2.66. The molecule has 2 rings (SSSR count). The van der Waals surface area contributed by atoms with Crippen LogP contribution in [0.15, 0.2) is 16.6 Å². The van der Waals surface area contributed by atoms with E-state index in [9.17, 15) is 0 Å². The van der Waals surface area contributed by atoms with Gasteiger partial charge in [-0.05, 0) is 60.2 Å². The SMILES string of the molecule is Cc1nc(NCC2CCC(Cl)C2)ccc1Br. The van der Waals surface area contributed by atoms with Crippen molar-refractivity contribution in [1.29, 1.82) is 0 Å². The molecule has 88 valence electrons. The highest BCUT2D eigenvalue weighted by molar-refractivity contribution is 9.10. The maximum Gasteiger partial charge on any atom is 0.126 e. The van der Waals surface area contributed by atoms with Crippen LogP contribution in [0.3, 0.4) is 0 Å². The molecule has 1 aromatic heterocycles. The van der Waals surface area contributed by atoms with Gasteiger partial charge in [-0.25, -0.2) is 4.98 Å². The maximum absolute atomic E-state index is 6.09. The van der Waals surface area contributed by atoms with Gasteiger partial charge in [0.1, 0.15) is 5.82 Å². The van der Waals surface area contributed by atoms with Gasteiger partial charge in [-0.1, -0.05) is 0 Å². The van der Waals surface area contributed by atoms with Gasteiger partial charge in [-0.3, -0.25) is 0 Å². The number of pyridine rings is 1. The Kier molecular flexibility index (Phi) is 4.09. The molecular weight excluding hydrogens is 288 g/mol. The minimum atomic E-state index is 0.381. The van der Waals surface area contributed by atoms with Crippen LogP contribution in [0.1, 0.15) is 25.0 Å². The summed E-state index contributed by atoms with van der Waals surface area (Å²) in [6.07, 6.45) is 3.52. The van der Waals surface area contributed by atoms with Crippen molar-refractivity contribution in [3.63, 3.8) is 0 Å². The third-order valence-corrected chi connectivity index (χ3v) is 4.30. The lowest BCUT2D eigenvalue weighted by Crippen LogP contribution is -2.12. The third kappa shape index (κ3) is 3.11. The molecular formula is C12H16BrClN2. The van der Waals surface area contributed by atoms with Gasteiger partial charge in [0, 0.05) is 16.4 Å². The first-order valence-electron chi connectivity index (χ1n) is 5.66. The molecule has 2 nitrogen and oxygen atoms in total. The average molecular weight is 304 g/mol. The van der Waals surface area contributed by atoms with E-state index >= 15 is 0 Å². The van der Waals surface area contributed by atoms with Crippen LogP contribution in [-0.4, -0.2) is 16.9 Å². The monoisotopic (exact) mass is 302 g/mol. The summed E-state index contributed by atoms with van der Waals surface area (Å²) >= 11 is 9.53. The summed E-state index contributed by atoms with van der Waals surface area (Å²) in [7, 11) is 0. The number of rotatable bonds is 3. The second-order valence-electron chi connectivity index (χ2n) is 4.42. The number of hydrogen-bond acceptors (Lipinski definition) is 2. The normalized spacial score (nSPS) is 24.7. The van der Waals surface area contributed by atoms with Gasteiger partial charge >= 0.3 is 0 Å². The Hall–Kier alpha value is -0.280. The van der Waals surface area contributed by atoms with Gasteiger partial charge in [0.2, 0.25) is 0 Å². The molecule has 1 fully saturated rings. The summed E-state index contributed by atoms with van der Waals surface area (Å²) in [6, 6.07) is 4.04. The Labute approximate surface area is 110 Å². The number of anilines is 1. The molecule has 0 spiro atoms. The van der Waals surface area contributed by atoms with E-state index in [1.165, 1.54) is 6.42 Å². The van der Waals surface area contributed by atoms with Crippen molar-refractivity contribution in [2.45, 2.75) is 31.6 Å². The van der Waals surface area contributed by atoms with Gasteiger partial charge in [0.05, 0.1) is 5.69 Å². The summed E-state index contributed by atoms with van der Waals surface area (Å²) in [6.45, 7) is 2.98. The molecule has 1 aromatic rings. The second kappa shape index (κ2) is 5.37. The van der Waals surface area contributed by atoms with E-state index in [-0.39, 0.29) is 0 Å². The highest BCUT2D eigenvalue weighted by atomic mass is 79.9. The van der Waals surface area contributed by atoms with Gasteiger partial charge in [-0.2, -0.15) is 0 Å². The lowest BCUT2D eigenvalue weighted by molar-refractivity contribution is 0.579. The number of aromatic nitrogens is 1. The van der Waals surface area contributed by atoms with E-state index in [4.69, 9.17) is 11.6 Å². The van der Waals surface area contributed by atoms with Crippen molar-refractivity contribution in [2.24, 2.45) is 5.92 Å². The predicted molar refractivity (Wildman–Crippen MR) is 72.1 cm³/mol. The fourth-order valence-corrected chi connectivity index (χ4v) is 2.69. The highest BCUT2D eigenvalue weighted by Gasteiger charge is 2.22. The number of hydrogen-bond donors (Lipinski definition) is 1. The van der Waals surface area contributed by atoms with E-state index in [1.807, 2.05) is 19.1 Å². The molecule has 0 radical (unpaired) electrons. The molecule has 0 aromatic carbocycles. The molecule has 1 saturated carbocycles. The standard InChI is InChI=1S/C12H16BrClN2/c1-8-11(13)4-5-12(16-8)15-7-9-2-3-10(14)6-9/h4-5,9-10H,2-3,6-7H2,1H3,(H,15,16). The number of aryl methyl sites for hydroxylation is 1. The molecule has 2 unspecified atom stereocenters. The minimum Gasteiger partial charge on any atom is -0.370 e. The number of halogens is 2. The summed E-state index contributed by atoms with van der Waals surface area (Å²) in [4.78, 5) is 4.46. The largest absolute Gasteiger partial charge is 0.370 e. The minimum absolute atomic E-state index is 0.381. The summed E-state index contributed by atoms with van der Waals surface area (Å²) in [5.74, 6) is 1.66. The van der Waals surface area contributed by atoms with Crippen LogP contribution in [0.5, 0.6) is 0 Å². The molecule has 4 heteroatoms. The van der Waals surface area contributed by atoms with Crippen molar-refractivity contribution in [3.05, 3.63) is 22.3 Å². The molecule has 0 saturated heterocycles. The zero-order valence-corrected chi connectivity index (χ0v) is 11.7. The molecule has 1 aliphatic rings. The lowest BCUT2D eigenvalue weighted by Gasteiger charge is -2.12. The zero-order valence-electron chi connectivity index (χ0n) is 9.34. The lowest BCUT2D eigenvalue weighted by atomic mass is 10.1. The highest BCUT2D eigenvalue weighted by Crippen LogP contribution is 2.29. The van der Waals surface area contributed by atoms with Crippen LogP contribution in [-0.2, 0) is 0 Å². The van der Waals surface area contributed by atoms with Crippen molar-refractivity contribution < 1.29 is 0 Å². The fraction of sp³-hybridized carbons (Fsp3) is 0.583. The van der Waals surface area contributed by atoms with Crippen molar-refractivity contribution in [2.75, 3.05) is 11.9 Å². The molecule has 0 amide bonds. The molecule has 0 bridgehead atoms. The number of nitrogens with one attached hydrogen (secondary N) is 1. The van der Waals surface area contributed by atoms with Crippen molar-refractivity contribution in [1.82, 2.24) is 4.98 Å². The molecule has 16 heavy (non-hydrogen) atoms.